The van der Waals surface area contributed by atoms with Gasteiger partial charge in [-0.05, 0) is 35.1 Å². The summed E-state index contributed by atoms with van der Waals surface area (Å²) in [5.74, 6) is 0.591. The van der Waals surface area contributed by atoms with Gasteiger partial charge in [0.2, 0.25) is 0 Å². The molecule has 94 valence electrons. The van der Waals surface area contributed by atoms with Crippen molar-refractivity contribution in [1.29, 1.82) is 5.26 Å². The molecule has 1 nitrogen and oxygen atoms in total. The number of halogens is 1. The number of alkyl halides is 1. The Kier molecular flexibility index (Phi) is 3.05. The summed E-state index contributed by atoms with van der Waals surface area (Å²) in [6.45, 7) is 0. The molecule has 0 fully saturated rings. The van der Waals surface area contributed by atoms with Crippen molar-refractivity contribution in [3.8, 4) is 17.2 Å². The lowest BCUT2D eigenvalue weighted by atomic mass is 9.76. The molecule has 3 rings (SSSR count). The van der Waals surface area contributed by atoms with Gasteiger partial charge >= 0.3 is 0 Å². The Bertz CT molecular complexity index is 609. The Labute approximate surface area is 118 Å². The zero-order chi connectivity index (χ0) is 13.3. The van der Waals surface area contributed by atoms with Crippen molar-refractivity contribution < 1.29 is 0 Å². The van der Waals surface area contributed by atoms with E-state index in [1.807, 2.05) is 24.3 Å². The predicted octanol–water partition coefficient (Wildman–Crippen LogP) is 4.50. The highest BCUT2D eigenvalue weighted by molar-refractivity contribution is 6.17. The van der Waals surface area contributed by atoms with E-state index in [9.17, 15) is 5.26 Å². The zero-order valence-corrected chi connectivity index (χ0v) is 11.3. The number of rotatable bonds is 3. The van der Waals surface area contributed by atoms with Gasteiger partial charge in [-0.15, -0.1) is 11.6 Å². The van der Waals surface area contributed by atoms with Crippen LogP contribution in [0.4, 0.5) is 0 Å². The van der Waals surface area contributed by atoms with Crippen LogP contribution in [-0.4, -0.2) is 5.88 Å². The summed E-state index contributed by atoms with van der Waals surface area (Å²) in [5.41, 5.74) is 4.11. The molecular formula is C17H14ClN. The average Bonchev–Trinajstić information content (AvgIpc) is 2.77. The lowest BCUT2D eigenvalue weighted by Crippen LogP contribution is -2.23. The molecule has 0 radical (unpaired) electrons. The quantitative estimate of drug-likeness (QED) is 0.752. The van der Waals surface area contributed by atoms with Crippen LogP contribution in [0.5, 0.6) is 0 Å². The largest absolute Gasteiger partial charge is 0.197 e. The van der Waals surface area contributed by atoms with E-state index in [4.69, 9.17) is 11.6 Å². The van der Waals surface area contributed by atoms with Crippen molar-refractivity contribution in [2.45, 2.75) is 18.3 Å². The fourth-order valence-corrected chi connectivity index (χ4v) is 3.24. The molecule has 0 saturated heterocycles. The molecule has 0 unspecified atom stereocenters. The SMILES string of the molecule is N#CC1(CCCCl)c2ccccc2-c2ccccc21. The molecule has 0 N–H and O–H groups in total. The summed E-state index contributed by atoms with van der Waals surface area (Å²) in [5, 5.41) is 9.84. The number of hydrogen-bond donors (Lipinski definition) is 0. The standard InChI is InChI=1S/C17H14ClN/c18-11-5-10-17(12-19)15-8-3-1-6-13(15)14-7-2-4-9-16(14)17/h1-4,6-9H,5,10-11H2. The van der Waals surface area contributed by atoms with E-state index in [1.54, 1.807) is 0 Å². The Hall–Kier alpha value is -1.78. The smallest absolute Gasteiger partial charge is 0.108 e. The summed E-state index contributed by atoms with van der Waals surface area (Å²) in [7, 11) is 0. The molecule has 0 aliphatic heterocycles. The van der Waals surface area contributed by atoms with Crippen LogP contribution in [0.2, 0.25) is 0 Å². The first-order valence-electron chi connectivity index (χ1n) is 6.50. The second-order valence-corrected chi connectivity index (χ2v) is 5.28. The average molecular weight is 268 g/mol. The van der Waals surface area contributed by atoms with Crippen LogP contribution in [0.15, 0.2) is 48.5 Å². The minimum Gasteiger partial charge on any atom is -0.197 e. The molecule has 0 spiro atoms. The van der Waals surface area contributed by atoms with E-state index in [1.165, 1.54) is 11.1 Å². The maximum absolute atomic E-state index is 9.84. The van der Waals surface area contributed by atoms with E-state index >= 15 is 0 Å². The van der Waals surface area contributed by atoms with E-state index in [-0.39, 0.29) is 0 Å². The molecule has 1 aliphatic rings. The fourth-order valence-electron chi connectivity index (χ4n) is 3.10. The maximum atomic E-state index is 9.84. The molecule has 1 aliphatic carbocycles. The molecule has 19 heavy (non-hydrogen) atoms. The number of fused-ring (bicyclic) bond motifs is 3. The summed E-state index contributed by atoms with van der Waals surface area (Å²) in [6.07, 6.45) is 1.62. The molecule has 2 aromatic carbocycles. The Morgan fingerprint density at radius 3 is 1.95 bits per heavy atom. The molecule has 0 heterocycles. The van der Waals surface area contributed by atoms with Gasteiger partial charge in [0.05, 0.1) is 6.07 Å². The Morgan fingerprint density at radius 2 is 1.47 bits per heavy atom. The van der Waals surface area contributed by atoms with Crippen molar-refractivity contribution in [2.75, 3.05) is 5.88 Å². The number of benzene rings is 2. The van der Waals surface area contributed by atoms with Crippen LogP contribution < -0.4 is 0 Å². The van der Waals surface area contributed by atoms with Gasteiger partial charge in [0, 0.05) is 5.88 Å². The molecule has 2 aromatic rings. The summed E-state index contributed by atoms with van der Waals surface area (Å²) >= 11 is 5.84. The van der Waals surface area contributed by atoms with E-state index in [0.29, 0.717) is 5.88 Å². The number of hydrogen-bond acceptors (Lipinski definition) is 1. The van der Waals surface area contributed by atoms with Gasteiger partial charge in [0.25, 0.3) is 0 Å². The van der Waals surface area contributed by atoms with Gasteiger partial charge in [-0.25, -0.2) is 0 Å². The van der Waals surface area contributed by atoms with Crippen LogP contribution in [0.1, 0.15) is 24.0 Å². The molecule has 0 atom stereocenters. The van der Waals surface area contributed by atoms with Crippen LogP contribution in [0, 0.1) is 11.3 Å². The van der Waals surface area contributed by atoms with E-state index in [0.717, 1.165) is 24.0 Å². The Balaban J connectivity index is 2.27. The zero-order valence-electron chi connectivity index (χ0n) is 10.6. The normalized spacial score (nSPS) is 14.5. The lowest BCUT2D eigenvalue weighted by molar-refractivity contribution is 0.597. The van der Waals surface area contributed by atoms with E-state index < -0.39 is 5.41 Å². The van der Waals surface area contributed by atoms with Crippen LogP contribution in [0.3, 0.4) is 0 Å². The fraction of sp³-hybridized carbons (Fsp3) is 0.235. The summed E-state index contributed by atoms with van der Waals surface area (Å²) in [6, 6.07) is 19.0. The molecule has 0 aromatic heterocycles. The molecular weight excluding hydrogens is 254 g/mol. The van der Waals surface area contributed by atoms with Crippen molar-refractivity contribution in [3.63, 3.8) is 0 Å². The van der Waals surface area contributed by atoms with Crippen molar-refractivity contribution in [3.05, 3.63) is 59.7 Å². The van der Waals surface area contributed by atoms with Gasteiger partial charge in [-0.2, -0.15) is 5.26 Å². The van der Waals surface area contributed by atoms with Crippen molar-refractivity contribution >= 4 is 11.6 Å². The third-order valence-electron chi connectivity index (χ3n) is 3.94. The van der Waals surface area contributed by atoms with Crippen molar-refractivity contribution in [1.82, 2.24) is 0 Å². The molecule has 0 amide bonds. The molecule has 0 saturated carbocycles. The maximum Gasteiger partial charge on any atom is 0.108 e. The number of nitrogens with zero attached hydrogens (tertiary/aromatic N) is 1. The van der Waals surface area contributed by atoms with Gasteiger partial charge < -0.3 is 0 Å². The van der Waals surface area contributed by atoms with Crippen molar-refractivity contribution in [2.24, 2.45) is 0 Å². The highest BCUT2D eigenvalue weighted by atomic mass is 35.5. The predicted molar refractivity (Wildman–Crippen MR) is 78.2 cm³/mol. The number of nitriles is 1. The van der Waals surface area contributed by atoms with Gasteiger partial charge in [0.15, 0.2) is 0 Å². The van der Waals surface area contributed by atoms with Gasteiger partial charge in [-0.1, -0.05) is 48.5 Å². The highest BCUT2D eigenvalue weighted by Crippen LogP contribution is 2.50. The minimum atomic E-state index is -0.526. The lowest BCUT2D eigenvalue weighted by Gasteiger charge is -2.23. The summed E-state index contributed by atoms with van der Waals surface area (Å²) < 4.78 is 0. The van der Waals surface area contributed by atoms with Crippen LogP contribution >= 0.6 is 11.6 Å². The summed E-state index contributed by atoms with van der Waals surface area (Å²) in [4.78, 5) is 0. The van der Waals surface area contributed by atoms with Gasteiger partial charge in [-0.3, -0.25) is 0 Å². The Morgan fingerprint density at radius 1 is 0.947 bits per heavy atom. The first-order valence-corrected chi connectivity index (χ1v) is 7.03. The van der Waals surface area contributed by atoms with E-state index in [2.05, 4.69) is 30.3 Å². The topological polar surface area (TPSA) is 23.8 Å². The molecule has 2 heteroatoms. The van der Waals surface area contributed by atoms with Crippen LogP contribution in [0.25, 0.3) is 11.1 Å². The third kappa shape index (κ3) is 1.68. The second-order valence-electron chi connectivity index (χ2n) is 4.90. The highest BCUT2D eigenvalue weighted by Gasteiger charge is 2.42. The first-order chi connectivity index (χ1) is 9.33. The monoisotopic (exact) mass is 267 g/mol. The second kappa shape index (κ2) is 4.72. The first kappa shape index (κ1) is 12.3. The molecule has 0 bridgehead atoms. The van der Waals surface area contributed by atoms with Gasteiger partial charge in [0.1, 0.15) is 5.41 Å². The van der Waals surface area contributed by atoms with Crippen LogP contribution in [-0.2, 0) is 5.41 Å². The minimum absolute atomic E-state index is 0.526. The third-order valence-corrected chi connectivity index (χ3v) is 4.21.